The van der Waals surface area contributed by atoms with E-state index in [1.54, 1.807) is 20.0 Å². The molecule has 7 nitrogen and oxygen atoms in total. The van der Waals surface area contributed by atoms with E-state index in [0.717, 1.165) is 11.1 Å². The molecular weight excluding hydrogens is 294 g/mol. The molecule has 0 saturated heterocycles. The zero-order chi connectivity index (χ0) is 16.6. The van der Waals surface area contributed by atoms with Gasteiger partial charge < -0.3 is 15.8 Å². The second-order valence-electron chi connectivity index (χ2n) is 5.21. The van der Waals surface area contributed by atoms with Crippen molar-refractivity contribution >= 4 is 11.8 Å². The van der Waals surface area contributed by atoms with Crippen molar-refractivity contribution in [3.63, 3.8) is 0 Å². The van der Waals surface area contributed by atoms with E-state index in [1.807, 2.05) is 30.3 Å². The molecule has 0 fully saturated rings. The van der Waals surface area contributed by atoms with Crippen LogP contribution in [0.15, 0.2) is 36.5 Å². The first-order valence-electron chi connectivity index (χ1n) is 7.01. The molecule has 0 amide bonds. The minimum absolute atomic E-state index is 0.0336. The average molecular weight is 309 g/mol. The van der Waals surface area contributed by atoms with Crippen molar-refractivity contribution < 1.29 is 4.92 Å². The van der Waals surface area contributed by atoms with Crippen LogP contribution in [0.5, 0.6) is 0 Å². The second-order valence-corrected chi connectivity index (χ2v) is 5.21. The Morgan fingerprint density at radius 1 is 1.22 bits per heavy atom. The molecule has 0 spiro atoms. The van der Waals surface area contributed by atoms with Gasteiger partial charge in [0.1, 0.15) is 5.69 Å². The molecule has 7 heteroatoms. The van der Waals surface area contributed by atoms with Crippen LogP contribution in [0, 0.1) is 24.0 Å². The highest BCUT2D eigenvalue weighted by Crippen LogP contribution is 2.37. The molecule has 0 bridgehead atoms. The molecule has 0 aliphatic rings. The minimum atomic E-state index is -0.432. The van der Waals surface area contributed by atoms with Gasteiger partial charge in [0, 0.05) is 11.8 Å². The van der Waals surface area contributed by atoms with Gasteiger partial charge >= 0.3 is 5.82 Å². The van der Waals surface area contributed by atoms with Crippen molar-refractivity contribution in [2.45, 2.75) is 13.8 Å². The maximum atomic E-state index is 11.2. The summed E-state index contributed by atoms with van der Waals surface area (Å²) in [7, 11) is 0. The van der Waals surface area contributed by atoms with Crippen LogP contribution in [0.25, 0.3) is 22.4 Å². The van der Waals surface area contributed by atoms with Gasteiger partial charge in [-0.2, -0.15) is 0 Å². The van der Waals surface area contributed by atoms with E-state index >= 15 is 0 Å². The molecule has 2 aromatic heterocycles. The van der Waals surface area contributed by atoms with E-state index in [-0.39, 0.29) is 11.8 Å². The molecule has 0 saturated carbocycles. The normalized spacial score (nSPS) is 10.7. The molecule has 0 unspecified atom stereocenters. The molecule has 3 rings (SSSR count). The summed E-state index contributed by atoms with van der Waals surface area (Å²) < 4.78 is 0. The lowest BCUT2D eigenvalue weighted by Gasteiger charge is -2.09. The fourth-order valence-corrected chi connectivity index (χ4v) is 2.69. The van der Waals surface area contributed by atoms with Gasteiger partial charge in [-0.15, -0.1) is 0 Å². The number of nitrogen functional groups attached to an aromatic ring is 1. The van der Waals surface area contributed by atoms with E-state index in [9.17, 15) is 10.1 Å². The summed E-state index contributed by atoms with van der Waals surface area (Å²) in [4.78, 5) is 21.9. The standard InChI is InChI=1S/C16H15N5O2/c1-9-13(10(2)19-15(9)21(22)23)14-12(8-18-16(17)20-14)11-6-4-3-5-7-11/h3-8,19H,1-2H3,(H2,17,18,20). The van der Waals surface area contributed by atoms with Crippen molar-refractivity contribution in [2.75, 3.05) is 5.73 Å². The molecular formula is C16H15N5O2. The maximum absolute atomic E-state index is 11.2. The average Bonchev–Trinajstić information content (AvgIpc) is 2.83. The topological polar surface area (TPSA) is 111 Å². The van der Waals surface area contributed by atoms with E-state index in [2.05, 4.69) is 15.0 Å². The lowest BCUT2D eigenvalue weighted by Crippen LogP contribution is -1.99. The van der Waals surface area contributed by atoms with Gasteiger partial charge in [0.2, 0.25) is 5.95 Å². The minimum Gasteiger partial charge on any atom is -0.368 e. The SMILES string of the molecule is Cc1[nH]c([N+](=O)[O-])c(C)c1-c1nc(N)ncc1-c1ccccc1. The van der Waals surface area contributed by atoms with Crippen molar-refractivity contribution in [1.82, 2.24) is 15.0 Å². The number of aromatic amines is 1. The lowest BCUT2D eigenvalue weighted by atomic mass is 9.99. The van der Waals surface area contributed by atoms with Crippen LogP contribution in [-0.4, -0.2) is 19.9 Å². The third-order valence-corrected chi connectivity index (χ3v) is 3.72. The number of benzene rings is 1. The first kappa shape index (κ1) is 14.7. The Labute approximate surface area is 132 Å². The highest BCUT2D eigenvalue weighted by atomic mass is 16.6. The third-order valence-electron chi connectivity index (χ3n) is 3.72. The van der Waals surface area contributed by atoms with Crippen molar-refractivity contribution in [3.05, 3.63) is 57.9 Å². The number of aromatic nitrogens is 3. The largest absolute Gasteiger partial charge is 0.368 e. The third kappa shape index (κ3) is 2.52. The summed E-state index contributed by atoms with van der Waals surface area (Å²) in [6.07, 6.45) is 1.64. The molecule has 3 aromatic rings. The van der Waals surface area contributed by atoms with Crippen LogP contribution in [0.2, 0.25) is 0 Å². The molecule has 0 aliphatic carbocycles. The highest BCUT2D eigenvalue weighted by molar-refractivity contribution is 5.84. The van der Waals surface area contributed by atoms with Crippen molar-refractivity contribution in [1.29, 1.82) is 0 Å². The van der Waals surface area contributed by atoms with E-state index < -0.39 is 4.92 Å². The second kappa shape index (κ2) is 5.53. The number of hydrogen-bond donors (Lipinski definition) is 2. The Morgan fingerprint density at radius 2 is 1.91 bits per heavy atom. The first-order valence-corrected chi connectivity index (χ1v) is 7.01. The highest BCUT2D eigenvalue weighted by Gasteiger charge is 2.24. The van der Waals surface area contributed by atoms with Crippen LogP contribution < -0.4 is 5.73 Å². The molecule has 23 heavy (non-hydrogen) atoms. The Morgan fingerprint density at radius 3 is 2.52 bits per heavy atom. The number of hydrogen-bond acceptors (Lipinski definition) is 5. The van der Waals surface area contributed by atoms with Crippen LogP contribution >= 0.6 is 0 Å². The fourth-order valence-electron chi connectivity index (χ4n) is 2.69. The van der Waals surface area contributed by atoms with Gasteiger partial charge in [0.25, 0.3) is 0 Å². The van der Waals surface area contributed by atoms with E-state index in [0.29, 0.717) is 22.5 Å². The number of nitrogens with zero attached hydrogens (tertiary/aromatic N) is 3. The number of rotatable bonds is 3. The van der Waals surface area contributed by atoms with Crippen molar-refractivity contribution in [2.24, 2.45) is 0 Å². The van der Waals surface area contributed by atoms with Gasteiger partial charge in [0.15, 0.2) is 0 Å². The number of H-pyrrole nitrogens is 1. The van der Waals surface area contributed by atoms with Crippen LogP contribution in [0.4, 0.5) is 11.8 Å². The Balaban J connectivity index is 2.29. The molecule has 0 atom stereocenters. The van der Waals surface area contributed by atoms with Crippen LogP contribution in [0.1, 0.15) is 11.3 Å². The summed E-state index contributed by atoms with van der Waals surface area (Å²) in [5.41, 5.74) is 9.91. The van der Waals surface area contributed by atoms with E-state index in [4.69, 9.17) is 5.73 Å². The Hall–Kier alpha value is -3.22. The Bertz CT molecular complexity index is 887. The summed E-state index contributed by atoms with van der Waals surface area (Å²) >= 11 is 0. The predicted molar refractivity (Wildman–Crippen MR) is 87.8 cm³/mol. The van der Waals surface area contributed by atoms with Crippen molar-refractivity contribution in [3.8, 4) is 22.4 Å². The molecule has 2 heterocycles. The van der Waals surface area contributed by atoms with Gasteiger partial charge in [-0.25, -0.2) is 15.0 Å². The summed E-state index contributed by atoms with van der Waals surface area (Å²) in [6, 6.07) is 9.61. The predicted octanol–water partition coefficient (Wildman–Crippen LogP) is 3.25. The molecule has 0 aliphatic heterocycles. The molecule has 3 N–H and O–H groups in total. The number of nitro groups is 1. The zero-order valence-corrected chi connectivity index (χ0v) is 12.7. The lowest BCUT2D eigenvalue weighted by molar-refractivity contribution is -0.389. The Kier molecular flexibility index (Phi) is 3.53. The number of aryl methyl sites for hydroxylation is 1. The molecule has 1 aromatic carbocycles. The maximum Gasteiger partial charge on any atom is 0.324 e. The smallest absolute Gasteiger partial charge is 0.324 e. The first-order chi connectivity index (χ1) is 11.0. The van der Waals surface area contributed by atoms with E-state index in [1.165, 1.54) is 0 Å². The van der Waals surface area contributed by atoms with Gasteiger partial charge in [-0.1, -0.05) is 30.3 Å². The summed E-state index contributed by atoms with van der Waals surface area (Å²) in [5, 5.41) is 11.2. The monoisotopic (exact) mass is 309 g/mol. The number of nitrogens with two attached hydrogens (primary N) is 1. The number of anilines is 1. The number of nitrogens with one attached hydrogen (secondary N) is 1. The summed E-state index contributed by atoms with van der Waals surface area (Å²) in [5.74, 6) is 0.0935. The van der Waals surface area contributed by atoms with Gasteiger partial charge in [0.05, 0.1) is 16.8 Å². The molecule has 0 radical (unpaired) electrons. The summed E-state index contributed by atoms with van der Waals surface area (Å²) in [6.45, 7) is 3.48. The van der Waals surface area contributed by atoms with Crippen LogP contribution in [-0.2, 0) is 0 Å². The van der Waals surface area contributed by atoms with Crippen LogP contribution in [0.3, 0.4) is 0 Å². The molecule has 116 valence electrons. The fraction of sp³-hybridized carbons (Fsp3) is 0.125. The zero-order valence-electron chi connectivity index (χ0n) is 12.7. The van der Waals surface area contributed by atoms with Gasteiger partial charge in [-0.05, 0) is 24.3 Å². The van der Waals surface area contributed by atoms with Gasteiger partial charge in [-0.3, -0.25) is 0 Å². The quantitative estimate of drug-likeness (QED) is 0.570.